The highest BCUT2D eigenvalue weighted by Crippen LogP contribution is 2.73. The molecule has 3 N–H and O–H groups in total. The number of benzene rings is 1. The smallest absolute Gasteiger partial charge is 0.408 e. The number of nitrogens with zero attached hydrogens (tertiary/aromatic N) is 1. The highest BCUT2D eigenvalue weighted by molar-refractivity contribution is 6.01. The quantitative estimate of drug-likeness (QED) is 0.349. The summed E-state index contributed by atoms with van der Waals surface area (Å²) in [6.07, 6.45) is 11.9. The third-order valence-corrected chi connectivity index (χ3v) is 14.6. The number of Topliss-reactive ketones (excluding diaryl/α,β-unsaturated/α-hetero) is 1. The van der Waals surface area contributed by atoms with Gasteiger partial charge >= 0.3 is 6.09 Å². The number of allylic oxidation sites excluding steroid dienone is 4. The molecule has 8 nitrogen and oxygen atoms in total. The Morgan fingerprint density at radius 2 is 1.78 bits per heavy atom. The lowest BCUT2D eigenvalue weighted by atomic mass is 9.38. The Morgan fingerprint density at radius 3 is 2.45 bits per heavy atom. The van der Waals surface area contributed by atoms with Gasteiger partial charge in [0, 0.05) is 36.5 Å². The molecule has 1 aromatic carbocycles. The monoisotopic (exact) mass is 670 g/mol. The van der Waals surface area contributed by atoms with Crippen LogP contribution < -0.4 is 5.32 Å². The predicted octanol–water partition coefficient (Wildman–Crippen LogP) is 5.54. The van der Waals surface area contributed by atoms with E-state index < -0.39 is 29.1 Å². The second-order valence-corrected chi connectivity index (χ2v) is 18.8. The zero-order valence-corrected chi connectivity index (χ0v) is 29.9. The molecule has 1 amide bonds. The molecule has 8 aliphatic rings. The second-order valence-electron chi connectivity index (χ2n) is 18.8. The molecule has 1 saturated heterocycles. The Balaban J connectivity index is 0.936. The zero-order chi connectivity index (χ0) is 34.8. The average molecular weight is 671 g/mol. The summed E-state index contributed by atoms with van der Waals surface area (Å²) in [6, 6.07) is 8.92. The molecule has 1 aliphatic heterocycles. The first-order chi connectivity index (χ1) is 23.0. The van der Waals surface area contributed by atoms with Crippen LogP contribution in [0.4, 0.5) is 4.79 Å². The van der Waals surface area contributed by atoms with Crippen LogP contribution in [-0.2, 0) is 27.3 Å². The number of amides is 1. The molecule has 1 aromatic rings. The van der Waals surface area contributed by atoms with Crippen LogP contribution in [0.1, 0.15) is 90.7 Å². The predicted molar refractivity (Wildman–Crippen MR) is 185 cm³/mol. The highest BCUT2D eigenvalue weighted by atomic mass is 16.6. The lowest BCUT2D eigenvalue weighted by Crippen LogP contribution is -2.75. The number of ketones is 2. The molecule has 0 spiro atoms. The number of hydrogen-bond donors (Lipinski definition) is 3. The molecule has 0 unspecified atom stereocenters. The number of likely N-dealkylation sites (tertiary alicyclic amines) is 1. The second kappa shape index (κ2) is 10.8. The van der Waals surface area contributed by atoms with E-state index in [9.17, 15) is 24.6 Å². The molecule has 0 aromatic heterocycles. The van der Waals surface area contributed by atoms with Crippen LogP contribution in [0.3, 0.4) is 0 Å². The minimum atomic E-state index is -0.679. The van der Waals surface area contributed by atoms with Gasteiger partial charge in [-0.1, -0.05) is 49.8 Å². The van der Waals surface area contributed by atoms with Crippen LogP contribution >= 0.6 is 0 Å². The number of rotatable bonds is 7. The normalized spacial score (nSPS) is 43.3. The number of aliphatic hydroxyl groups is 2. The zero-order valence-electron chi connectivity index (χ0n) is 29.9. The van der Waals surface area contributed by atoms with Gasteiger partial charge in [-0.05, 0) is 124 Å². The number of hydrogen-bond acceptors (Lipinski definition) is 7. The SMILES string of the molecule is CC(C)(C)OC(=O)NC12CC(Cc3ccc(CN4C[C@@H]5C[C@H]6[C@@H]7CCC8=CC(=O)C=C[C@]8(C)[C@H]7[C@@H](O)C[C@]6(C)[C@]5(C(=O)CO)C4)cc3)(C1)C2. The maximum Gasteiger partial charge on any atom is 0.408 e. The van der Waals surface area contributed by atoms with Gasteiger partial charge in [0.2, 0.25) is 0 Å². The van der Waals surface area contributed by atoms with E-state index in [4.69, 9.17) is 4.74 Å². The molecule has 2 bridgehead atoms. The lowest BCUT2D eigenvalue weighted by molar-refractivity contribution is -0.159. The fourth-order valence-electron chi connectivity index (χ4n) is 13.1. The van der Waals surface area contributed by atoms with Crippen molar-refractivity contribution in [2.24, 2.45) is 45.3 Å². The lowest BCUT2D eigenvalue weighted by Gasteiger charge is -2.70. The molecule has 0 radical (unpaired) electrons. The summed E-state index contributed by atoms with van der Waals surface area (Å²) in [5.41, 5.74) is 1.95. The van der Waals surface area contributed by atoms with Crippen molar-refractivity contribution in [3.63, 3.8) is 0 Å². The minimum Gasteiger partial charge on any atom is -0.444 e. The van der Waals surface area contributed by atoms with Gasteiger partial charge in [-0.2, -0.15) is 0 Å². The van der Waals surface area contributed by atoms with Crippen LogP contribution in [0.5, 0.6) is 0 Å². The maximum atomic E-state index is 14.0. The molecule has 8 atom stereocenters. The number of alkyl carbamates (subject to hydrolysis) is 1. The van der Waals surface area contributed by atoms with E-state index in [-0.39, 0.29) is 51.8 Å². The third-order valence-electron chi connectivity index (χ3n) is 14.6. The van der Waals surface area contributed by atoms with Crippen LogP contribution in [0.15, 0.2) is 48.1 Å². The first-order valence-electron chi connectivity index (χ1n) is 18.6. The maximum absolute atomic E-state index is 14.0. The van der Waals surface area contributed by atoms with Gasteiger partial charge in [-0.15, -0.1) is 0 Å². The van der Waals surface area contributed by atoms with Crippen LogP contribution in [0.25, 0.3) is 0 Å². The molecule has 7 aliphatic carbocycles. The summed E-state index contributed by atoms with van der Waals surface area (Å²) in [5, 5.41) is 25.5. The molecule has 8 heteroatoms. The van der Waals surface area contributed by atoms with E-state index in [2.05, 4.69) is 48.3 Å². The van der Waals surface area contributed by atoms with Crippen molar-refractivity contribution in [1.29, 1.82) is 0 Å². The fourth-order valence-corrected chi connectivity index (χ4v) is 13.1. The molecule has 6 saturated carbocycles. The van der Waals surface area contributed by atoms with Crippen molar-refractivity contribution >= 4 is 17.7 Å². The van der Waals surface area contributed by atoms with Crippen molar-refractivity contribution in [3.8, 4) is 0 Å². The van der Waals surface area contributed by atoms with Crippen LogP contribution in [0, 0.1) is 45.3 Å². The van der Waals surface area contributed by atoms with Gasteiger partial charge in [-0.3, -0.25) is 14.5 Å². The minimum absolute atomic E-state index is 0.0294. The van der Waals surface area contributed by atoms with Crippen molar-refractivity contribution in [2.75, 3.05) is 19.7 Å². The number of carbonyl (C=O) groups is 3. The largest absolute Gasteiger partial charge is 0.444 e. The van der Waals surface area contributed by atoms with Gasteiger partial charge in [0.15, 0.2) is 11.6 Å². The summed E-state index contributed by atoms with van der Waals surface area (Å²) in [4.78, 5) is 40.9. The fraction of sp³-hybridized carbons (Fsp3) is 0.683. The summed E-state index contributed by atoms with van der Waals surface area (Å²) in [7, 11) is 0. The Morgan fingerprint density at radius 1 is 1.08 bits per heavy atom. The number of aliphatic hydroxyl groups excluding tert-OH is 2. The topological polar surface area (TPSA) is 116 Å². The molecular weight excluding hydrogens is 616 g/mol. The molecular formula is C41H54N2O6. The standard InChI is InChI=1S/C41H54N2O6/c1-36(2,3)49-35(48)42-40-21-39(22-40,23-40)16-25-6-8-26(9-7-25)18-43-19-28-15-31-30-11-10-27-14-29(45)12-13-37(27,4)34(30)32(46)17-38(31,5)41(28,24-43)33(47)20-44/h6-9,12-14,28,30-32,34,44,46H,10-11,15-24H2,1-5H3,(H,42,48)/t28-,30-,31-,32-,34+,37-,38-,39?,40?,41+/m0/s1. The summed E-state index contributed by atoms with van der Waals surface area (Å²) in [6.45, 7) is 11.8. The molecule has 9 rings (SSSR count). The van der Waals surface area contributed by atoms with Crippen molar-refractivity contribution in [3.05, 3.63) is 59.2 Å². The van der Waals surface area contributed by atoms with Gasteiger partial charge in [0.25, 0.3) is 0 Å². The van der Waals surface area contributed by atoms with E-state index in [0.717, 1.165) is 63.6 Å². The summed E-state index contributed by atoms with van der Waals surface area (Å²) >= 11 is 0. The number of fused-ring (bicyclic) bond motifs is 7. The first-order valence-corrected chi connectivity index (χ1v) is 18.6. The van der Waals surface area contributed by atoms with E-state index in [1.54, 1.807) is 12.2 Å². The van der Waals surface area contributed by atoms with Gasteiger partial charge in [0.05, 0.1) is 11.5 Å². The Labute approximate surface area is 290 Å². The molecule has 264 valence electrons. The van der Waals surface area contributed by atoms with Gasteiger partial charge < -0.3 is 20.3 Å². The molecule has 1 heterocycles. The van der Waals surface area contributed by atoms with Crippen molar-refractivity contribution in [2.45, 2.75) is 110 Å². The van der Waals surface area contributed by atoms with Gasteiger partial charge in [-0.25, -0.2) is 4.79 Å². The van der Waals surface area contributed by atoms with E-state index in [0.29, 0.717) is 18.9 Å². The van der Waals surface area contributed by atoms with Gasteiger partial charge in [0.1, 0.15) is 12.2 Å². The van der Waals surface area contributed by atoms with Crippen molar-refractivity contribution in [1.82, 2.24) is 10.2 Å². The Kier molecular flexibility index (Phi) is 7.38. The van der Waals surface area contributed by atoms with E-state index in [1.165, 1.54) is 11.1 Å². The number of carbonyl (C=O) groups excluding carboxylic acids is 3. The van der Waals surface area contributed by atoms with Crippen LogP contribution in [-0.4, -0.2) is 69.7 Å². The Hall–Kier alpha value is -2.81. The average Bonchev–Trinajstić information content (AvgIpc) is 3.46. The van der Waals surface area contributed by atoms with Crippen LogP contribution in [0.2, 0.25) is 0 Å². The highest BCUT2D eigenvalue weighted by Gasteiger charge is 2.73. The number of ether oxygens (including phenoxy) is 1. The van der Waals surface area contributed by atoms with E-state index >= 15 is 0 Å². The molecule has 49 heavy (non-hydrogen) atoms. The summed E-state index contributed by atoms with van der Waals surface area (Å²) < 4.78 is 5.47. The third kappa shape index (κ3) is 4.97. The van der Waals surface area contributed by atoms with E-state index in [1.807, 2.05) is 26.8 Å². The number of nitrogens with one attached hydrogen (secondary N) is 1. The first kappa shape index (κ1) is 33.3. The van der Waals surface area contributed by atoms with Crippen molar-refractivity contribution < 1.29 is 29.3 Å². The molecule has 7 fully saturated rings. The summed E-state index contributed by atoms with van der Waals surface area (Å²) in [5.74, 6) is 0.716. The Bertz CT molecular complexity index is 1620.